The maximum Gasteiger partial charge on any atom is 0.143 e. The third-order valence-electron chi connectivity index (χ3n) is 3.53. The zero-order chi connectivity index (χ0) is 13.1. The molecule has 1 aromatic rings. The van der Waals surface area contributed by atoms with Crippen molar-refractivity contribution in [3.05, 3.63) is 22.2 Å². The molecular formula is C14H20BrNO2. The molecule has 4 heteroatoms. The highest BCUT2D eigenvalue weighted by molar-refractivity contribution is 9.10. The van der Waals surface area contributed by atoms with Gasteiger partial charge < -0.3 is 15.2 Å². The number of aryl methyl sites for hydroxylation is 1. The van der Waals surface area contributed by atoms with E-state index in [2.05, 4.69) is 34.2 Å². The van der Waals surface area contributed by atoms with Gasteiger partial charge in [0.15, 0.2) is 0 Å². The van der Waals surface area contributed by atoms with Crippen molar-refractivity contribution >= 4 is 21.6 Å². The first-order valence-electron chi connectivity index (χ1n) is 6.39. The minimum absolute atomic E-state index is 0.115. The van der Waals surface area contributed by atoms with Crippen LogP contribution in [0.5, 0.6) is 5.75 Å². The predicted molar refractivity (Wildman–Crippen MR) is 77.3 cm³/mol. The fourth-order valence-electron chi connectivity index (χ4n) is 2.48. The molecule has 0 atom stereocenters. The maximum atomic E-state index is 9.53. The van der Waals surface area contributed by atoms with Crippen LogP contribution in [0.3, 0.4) is 0 Å². The number of benzene rings is 1. The normalized spacial score (nSPS) is 23.8. The molecule has 1 aromatic carbocycles. The number of rotatable bonds is 3. The van der Waals surface area contributed by atoms with E-state index < -0.39 is 0 Å². The van der Waals surface area contributed by atoms with Crippen LogP contribution in [-0.4, -0.2) is 24.4 Å². The Kier molecular flexibility index (Phi) is 4.51. The van der Waals surface area contributed by atoms with E-state index >= 15 is 0 Å². The fourth-order valence-corrected chi connectivity index (χ4v) is 3.03. The summed E-state index contributed by atoms with van der Waals surface area (Å²) in [6.07, 6.45) is 3.68. The summed E-state index contributed by atoms with van der Waals surface area (Å²) in [7, 11) is 1.69. The molecule has 0 radical (unpaired) electrons. The Morgan fingerprint density at radius 3 is 2.56 bits per heavy atom. The van der Waals surface area contributed by atoms with Gasteiger partial charge in [-0.1, -0.05) is 15.9 Å². The molecule has 0 saturated heterocycles. The molecule has 100 valence electrons. The first-order valence-corrected chi connectivity index (χ1v) is 7.18. The zero-order valence-electron chi connectivity index (χ0n) is 10.9. The Balaban J connectivity index is 2.13. The zero-order valence-corrected chi connectivity index (χ0v) is 12.5. The molecule has 0 bridgehead atoms. The van der Waals surface area contributed by atoms with Gasteiger partial charge in [-0.2, -0.15) is 0 Å². The first kappa shape index (κ1) is 13.7. The SMILES string of the molecule is COc1cc(Br)cc(C)c1NC1CCC(O)CC1. The summed E-state index contributed by atoms with van der Waals surface area (Å²) < 4.78 is 6.46. The quantitative estimate of drug-likeness (QED) is 0.897. The van der Waals surface area contributed by atoms with Gasteiger partial charge in [0.2, 0.25) is 0 Å². The minimum Gasteiger partial charge on any atom is -0.495 e. The Hall–Kier alpha value is -0.740. The number of aliphatic hydroxyl groups is 1. The molecule has 2 rings (SSSR count). The number of aliphatic hydroxyl groups excluding tert-OH is 1. The summed E-state index contributed by atoms with van der Waals surface area (Å²) in [4.78, 5) is 0. The molecule has 3 nitrogen and oxygen atoms in total. The molecule has 1 fully saturated rings. The highest BCUT2D eigenvalue weighted by atomic mass is 79.9. The average Bonchev–Trinajstić information content (AvgIpc) is 2.34. The van der Waals surface area contributed by atoms with Crippen LogP contribution in [0.1, 0.15) is 31.2 Å². The van der Waals surface area contributed by atoms with Gasteiger partial charge in [0.1, 0.15) is 5.75 Å². The van der Waals surface area contributed by atoms with Crippen LogP contribution < -0.4 is 10.1 Å². The average molecular weight is 314 g/mol. The van der Waals surface area contributed by atoms with Crippen LogP contribution in [0.15, 0.2) is 16.6 Å². The van der Waals surface area contributed by atoms with Crippen molar-refractivity contribution in [2.45, 2.75) is 44.8 Å². The molecule has 1 aliphatic carbocycles. The third-order valence-corrected chi connectivity index (χ3v) is 3.99. The van der Waals surface area contributed by atoms with Gasteiger partial charge in [0.05, 0.1) is 18.9 Å². The summed E-state index contributed by atoms with van der Waals surface area (Å²) in [5, 5.41) is 13.1. The van der Waals surface area contributed by atoms with Crippen molar-refractivity contribution < 1.29 is 9.84 Å². The van der Waals surface area contributed by atoms with Crippen molar-refractivity contribution in [3.8, 4) is 5.75 Å². The molecule has 0 amide bonds. The summed E-state index contributed by atoms with van der Waals surface area (Å²) in [5.74, 6) is 0.869. The van der Waals surface area contributed by atoms with Gasteiger partial charge in [-0.25, -0.2) is 0 Å². The molecule has 2 N–H and O–H groups in total. The molecule has 0 heterocycles. The van der Waals surface area contributed by atoms with E-state index in [9.17, 15) is 5.11 Å². The number of anilines is 1. The van der Waals surface area contributed by atoms with Crippen LogP contribution in [0.2, 0.25) is 0 Å². The van der Waals surface area contributed by atoms with Crippen LogP contribution in [0, 0.1) is 6.92 Å². The lowest BCUT2D eigenvalue weighted by Gasteiger charge is -2.28. The molecule has 0 aromatic heterocycles. The van der Waals surface area contributed by atoms with Gasteiger partial charge in [-0.05, 0) is 50.3 Å². The van der Waals surface area contributed by atoms with E-state index in [0.717, 1.165) is 41.6 Å². The van der Waals surface area contributed by atoms with Crippen LogP contribution in [0.4, 0.5) is 5.69 Å². The molecular weight excluding hydrogens is 294 g/mol. The lowest BCUT2D eigenvalue weighted by Crippen LogP contribution is -2.28. The van der Waals surface area contributed by atoms with Crippen molar-refractivity contribution in [3.63, 3.8) is 0 Å². The third kappa shape index (κ3) is 3.18. The van der Waals surface area contributed by atoms with Crippen molar-refractivity contribution in [2.24, 2.45) is 0 Å². The van der Waals surface area contributed by atoms with E-state index in [1.807, 2.05) is 6.07 Å². The Labute approximate surface area is 117 Å². The summed E-state index contributed by atoms with van der Waals surface area (Å²) >= 11 is 3.48. The van der Waals surface area contributed by atoms with Crippen LogP contribution in [-0.2, 0) is 0 Å². The number of halogens is 1. The Bertz CT molecular complexity index is 415. The highest BCUT2D eigenvalue weighted by Gasteiger charge is 2.20. The van der Waals surface area contributed by atoms with E-state index in [1.54, 1.807) is 7.11 Å². The smallest absolute Gasteiger partial charge is 0.143 e. The van der Waals surface area contributed by atoms with Crippen LogP contribution >= 0.6 is 15.9 Å². The number of nitrogens with one attached hydrogen (secondary N) is 1. The number of methoxy groups -OCH3 is 1. The first-order chi connectivity index (χ1) is 8.60. The summed E-state index contributed by atoms with van der Waals surface area (Å²) in [6.45, 7) is 2.08. The van der Waals surface area contributed by atoms with Gasteiger partial charge >= 0.3 is 0 Å². The maximum absolute atomic E-state index is 9.53. The van der Waals surface area contributed by atoms with E-state index in [4.69, 9.17) is 4.74 Å². The molecule has 1 saturated carbocycles. The summed E-state index contributed by atoms with van der Waals surface area (Å²) in [6, 6.07) is 4.50. The van der Waals surface area contributed by atoms with Gasteiger partial charge in [-0.3, -0.25) is 0 Å². The van der Waals surface area contributed by atoms with Crippen molar-refractivity contribution in [1.29, 1.82) is 0 Å². The Morgan fingerprint density at radius 2 is 1.94 bits per heavy atom. The summed E-state index contributed by atoms with van der Waals surface area (Å²) in [5.41, 5.74) is 2.24. The molecule has 1 aliphatic rings. The van der Waals surface area contributed by atoms with Gasteiger partial charge in [-0.15, -0.1) is 0 Å². The second kappa shape index (κ2) is 5.93. The predicted octanol–water partition coefficient (Wildman–Crippen LogP) is 3.48. The lowest BCUT2D eigenvalue weighted by atomic mass is 9.93. The lowest BCUT2D eigenvalue weighted by molar-refractivity contribution is 0.126. The number of ether oxygens (including phenoxy) is 1. The van der Waals surface area contributed by atoms with Gasteiger partial charge in [0.25, 0.3) is 0 Å². The molecule has 0 aliphatic heterocycles. The number of hydrogen-bond acceptors (Lipinski definition) is 3. The Morgan fingerprint density at radius 1 is 1.28 bits per heavy atom. The van der Waals surface area contributed by atoms with E-state index in [0.29, 0.717) is 6.04 Å². The topological polar surface area (TPSA) is 41.5 Å². The second-order valence-electron chi connectivity index (χ2n) is 4.95. The van der Waals surface area contributed by atoms with E-state index in [1.165, 1.54) is 5.56 Å². The van der Waals surface area contributed by atoms with Crippen LogP contribution in [0.25, 0.3) is 0 Å². The minimum atomic E-state index is -0.115. The largest absolute Gasteiger partial charge is 0.495 e. The van der Waals surface area contributed by atoms with Crippen molar-refractivity contribution in [1.82, 2.24) is 0 Å². The second-order valence-corrected chi connectivity index (χ2v) is 5.87. The fraction of sp³-hybridized carbons (Fsp3) is 0.571. The van der Waals surface area contributed by atoms with E-state index in [-0.39, 0.29) is 6.10 Å². The molecule has 0 spiro atoms. The number of hydrogen-bond donors (Lipinski definition) is 2. The molecule has 0 unspecified atom stereocenters. The highest BCUT2D eigenvalue weighted by Crippen LogP contribution is 2.34. The van der Waals surface area contributed by atoms with Crippen molar-refractivity contribution in [2.75, 3.05) is 12.4 Å². The van der Waals surface area contributed by atoms with Gasteiger partial charge in [0, 0.05) is 10.5 Å². The standard InChI is InChI=1S/C14H20BrNO2/c1-9-7-10(15)8-13(18-2)14(9)16-11-3-5-12(17)6-4-11/h7-8,11-12,16-17H,3-6H2,1-2H3. The molecule has 18 heavy (non-hydrogen) atoms. The monoisotopic (exact) mass is 313 g/mol.